The Bertz CT molecular complexity index is 3200. The summed E-state index contributed by atoms with van der Waals surface area (Å²) in [5.74, 6) is 2.85. The van der Waals surface area contributed by atoms with E-state index in [4.69, 9.17) is 9.72 Å². The summed E-state index contributed by atoms with van der Waals surface area (Å²) in [6.07, 6.45) is 5.64. The van der Waals surface area contributed by atoms with Crippen LogP contribution in [0, 0.1) is 12.1 Å². The van der Waals surface area contributed by atoms with E-state index in [1.165, 1.54) is 49.6 Å². The van der Waals surface area contributed by atoms with Crippen molar-refractivity contribution in [1.29, 1.82) is 0 Å². The second kappa shape index (κ2) is 12.7. The Morgan fingerprint density at radius 1 is 0.625 bits per heavy atom. The van der Waals surface area contributed by atoms with Crippen LogP contribution in [0.4, 0.5) is 0 Å². The van der Waals surface area contributed by atoms with E-state index in [0.29, 0.717) is 11.5 Å². The molecule has 0 saturated heterocycles. The minimum Gasteiger partial charge on any atom is -0.503 e. The quantitative estimate of drug-likeness (QED) is 0.165. The fourth-order valence-corrected chi connectivity index (χ4v) is 8.57. The summed E-state index contributed by atoms with van der Waals surface area (Å²) in [6.45, 7) is 6.72. The average Bonchev–Trinajstić information content (AvgIpc) is 3.86. The monoisotopic (exact) mass is 904 g/mol. The number of aromatic nitrogens is 5. The number of rotatable bonds is 4. The third kappa shape index (κ3) is 5.05. The van der Waals surface area contributed by atoms with Gasteiger partial charge >= 0.3 is 21.1 Å². The van der Waals surface area contributed by atoms with Gasteiger partial charge in [-0.3, -0.25) is 4.98 Å². The molecule has 0 aliphatic carbocycles. The molecule has 0 bridgehead atoms. The van der Waals surface area contributed by atoms with Crippen LogP contribution in [0.5, 0.6) is 11.5 Å². The van der Waals surface area contributed by atoms with E-state index in [-0.39, 0.29) is 26.5 Å². The fraction of sp³-hybridized carbons (Fsp3) is 0.102. The van der Waals surface area contributed by atoms with Crippen LogP contribution >= 0.6 is 0 Å². The number of ether oxygens (including phenoxy) is 1. The molecule has 10 aromatic rings. The molecule has 0 N–H and O–H groups in total. The molecule has 4 aromatic heterocycles. The first-order valence-electron chi connectivity index (χ1n) is 18.6. The predicted octanol–water partition coefficient (Wildman–Crippen LogP) is 12.0. The first-order chi connectivity index (χ1) is 26.8. The molecule has 56 heavy (non-hydrogen) atoms. The minimum atomic E-state index is -0.0643. The largest absolute Gasteiger partial charge is 2.00 e. The fourth-order valence-electron chi connectivity index (χ4n) is 8.57. The van der Waals surface area contributed by atoms with E-state index < -0.39 is 0 Å². The molecule has 0 radical (unpaired) electrons. The van der Waals surface area contributed by atoms with Crippen molar-refractivity contribution in [2.24, 2.45) is 7.05 Å². The van der Waals surface area contributed by atoms with Crippen LogP contribution < -0.4 is 4.74 Å². The second-order valence-electron chi connectivity index (χ2n) is 15.4. The summed E-state index contributed by atoms with van der Waals surface area (Å²) in [6, 6.07) is 50.4. The van der Waals surface area contributed by atoms with Gasteiger partial charge in [-0.15, -0.1) is 41.3 Å². The first-order valence-corrected chi connectivity index (χ1v) is 18.6. The first kappa shape index (κ1) is 34.3. The molecular formula is C49H35N5OPt. The number of nitrogens with zero attached hydrogens (tertiary/aromatic N) is 5. The smallest absolute Gasteiger partial charge is 0.503 e. The maximum atomic E-state index is 6.55. The molecule has 0 fully saturated rings. The zero-order chi connectivity index (χ0) is 37.0. The Kier molecular flexibility index (Phi) is 7.75. The molecule has 7 heteroatoms. The third-order valence-corrected chi connectivity index (χ3v) is 11.1. The van der Waals surface area contributed by atoms with Gasteiger partial charge in [-0.2, -0.15) is 6.07 Å². The zero-order valence-corrected chi connectivity index (χ0v) is 33.5. The molecule has 1 aliphatic rings. The predicted molar refractivity (Wildman–Crippen MR) is 222 cm³/mol. The number of pyridine rings is 1. The molecular weight excluding hydrogens is 870 g/mol. The minimum absolute atomic E-state index is 0. The van der Waals surface area contributed by atoms with Gasteiger partial charge in [0.1, 0.15) is 5.82 Å². The molecule has 0 atom stereocenters. The normalized spacial score (nSPS) is 12.1. The van der Waals surface area contributed by atoms with E-state index in [9.17, 15) is 0 Å². The number of hydrogen-bond donors (Lipinski definition) is 0. The van der Waals surface area contributed by atoms with Gasteiger partial charge in [-0.05, 0) is 57.8 Å². The van der Waals surface area contributed by atoms with Crippen molar-refractivity contribution in [2.45, 2.75) is 26.2 Å². The van der Waals surface area contributed by atoms with Gasteiger partial charge in [0.05, 0.1) is 22.5 Å². The van der Waals surface area contributed by atoms with Gasteiger partial charge in [-0.1, -0.05) is 93.0 Å². The van der Waals surface area contributed by atoms with Gasteiger partial charge in [0, 0.05) is 64.6 Å². The van der Waals surface area contributed by atoms with Crippen molar-refractivity contribution in [3.8, 4) is 56.6 Å². The Hall–Kier alpha value is -6.23. The second-order valence-corrected chi connectivity index (χ2v) is 15.4. The van der Waals surface area contributed by atoms with Crippen LogP contribution in [0.25, 0.3) is 88.8 Å². The molecule has 0 saturated carbocycles. The number of hydrogen-bond acceptors (Lipinski definition) is 3. The molecule has 5 heterocycles. The summed E-state index contributed by atoms with van der Waals surface area (Å²) >= 11 is 0. The maximum absolute atomic E-state index is 6.55. The van der Waals surface area contributed by atoms with Crippen LogP contribution in [0.15, 0.2) is 140 Å². The Morgan fingerprint density at radius 3 is 2.23 bits per heavy atom. The standard InChI is InChI=1S/C49H35N5O.Pt/c1-49(2,3)31-23-24-50-44(28-31)53-41-21-22-42-45(36-15-6-5-13-34(36)37-16-10-17-38-35-14-7-8-18-40(35)54(42)47(37)38)46(41)39-20-19-33(29-43(39)53)55-32-12-9-11-30(27-32)48-51-25-26-52(48)4;/h5-26,28H,1-4H3;/q-2;+2. The van der Waals surface area contributed by atoms with Gasteiger partial charge in [-0.25, -0.2) is 4.98 Å². The van der Waals surface area contributed by atoms with Crippen LogP contribution in [-0.4, -0.2) is 23.7 Å². The van der Waals surface area contributed by atoms with Crippen LogP contribution in [0.2, 0.25) is 0 Å². The van der Waals surface area contributed by atoms with Crippen molar-refractivity contribution in [2.75, 3.05) is 0 Å². The van der Waals surface area contributed by atoms with Crippen LogP contribution in [-0.2, 0) is 33.5 Å². The summed E-state index contributed by atoms with van der Waals surface area (Å²) in [4.78, 5) is 9.53. The van der Waals surface area contributed by atoms with E-state index in [0.717, 1.165) is 44.7 Å². The van der Waals surface area contributed by atoms with E-state index in [1.807, 2.05) is 48.3 Å². The molecule has 6 nitrogen and oxygen atoms in total. The molecule has 1 aliphatic heterocycles. The van der Waals surface area contributed by atoms with Crippen molar-refractivity contribution < 1.29 is 25.8 Å². The summed E-state index contributed by atoms with van der Waals surface area (Å²) in [5, 5.41) is 4.71. The Balaban J connectivity index is 0.00000384. The molecule has 6 aromatic carbocycles. The number of fused-ring (bicyclic) bond motifs is 12. The maximum Gasteiger partial charge on any atom is 2.00 e. The van der Waals surface area contributed by atoms with E-state index >= 15 is 0 Å². The van der Waals surface area contributed by atoms with Crippen molar-refractivity contribution >= 4 is 43.6 Å². The summed E-state index contributed by atoms with van der Waals surface area (Å²) in [5.41, 5.74) is 12.3. The van der Waals surface area contributed by atoms with Crippen LogP contribution in [0.1, 0.15) is 26.3 Å². The summed E-state index contributed by atoms with van der Waals surface area (Å²) in [7, 11) is 1.98. The third-order valence-electron chi connectivity index (χ3n) is 11.1. The molecule has 11 rings (SSSR count). The average molecular weight is 905 g/mol. The number of imidazole rings is 1. The molecule has 272 valence electrons. The Morgan fingerprint density at radius 2 is 1.39 bits per heavy atom. The van der Waals surface area contributed by atoms with Crippen molar-refractivity contribution in [1.82, 2.24) is 23.7 Å². The van der Waals surface area contributed by atoms with Crippen LogP contribution in [0.3, 0.4) is 0 Å². The Labute approximate surface area is 338 Å². The topological polar surface area (TPSA) is 49.8 Å². The van der Waals surface area contributed by atoms with Gasteiger partial charge in [0.2, 0.25) is 0 Å². The SMILES string of the molecule is Cn1ccnc1-c1[c-]c(Oc2[c-]c3c(cc2)c2c4c(ccc2n3-c2cc(C(C)(C)C)ccn2)-n2c3ccccc3c3cccc(c32)-c2ccccc2-4)ccc1.[Pt+2]. The van der Waals surface area contributed by atoms with Gasteiger partial charge < -0.3 is 18.4 Å². The summed E-state index contributed by atoms with van der Waals surface area (Å²) < 4.78 is 13.3. The zero-order valence-electron chi connectivity index (χ0n) is 31.2. The molecule has 0 unspecified atom stereocenters. The number of aryl methyl sites for hydroxylation is 1. The van der Waals surface area contributed by atoms with E-state index in [2.05, 4.69) is 144 Å². The molecule has 0 spiro atoms. The molecule has 0 amide bonds. The van der Waals surface area contributed by atoms with Gasteiger partial charge in [0.15, 0.2) is 0 Å². The van der Waals surface area contributed by atoms with Gasteiger partial charge in [0.25, 0.3) is 0 Å². The van der Waals surface area contributed by atoms with Crippen molar-refractivity contribution in [3.63, 3.8) is 0 Å². The number of benzene rings is 6. The number of para-hydroxylation sites is 2. The van der Waals surface area contributed by atoms with Crippen molar-refractivity contribution in [3.05, 3.63) is 158 Å². The van der Waals surface area contributed by atoms with E-state index in [1.54, 1.807) is 6.20 Å².